The van der Waals surface area contributed by atoms with Crippen molar-refractivity contribution in [2.45, 2.75) is 0 Å². The highest BCUT2D eigenvalue weighted by atomic mass is 35.5. The van der Waals surface area contributed by atoms with Gasteiger partial charge in [-0.15, -0.1) is 0 Å². The van der Waals surface area contributed by atoms with E-state index in [-0.39, 0.29) is 6.54 Å². The Morgan fingerprint density at radius 1 is 1.50 bits per heavy atom. The summed E-state index contributed by atoms with van der Waals surface area (Å²) in [4.78, 5) is 10.1. The van der Waals surface area contributed by atoms with Gasteiger partial charge in [0.2, 0.25) is 6.41 Å². The second-order valence-electron chi connectivity index (χ2n) is 2.90. The molecule has 1 aromatic rings. The minimum Gasteiger partial charge on any atom is -0.359 e. The lowest BCUT2D eigenvalue weighted by atomic mass is 10.3. The maximum Gasteiger partial charge on any atom is 0.207 e. The smallest absolute Gasteiger partial charge is 0.207 e. The second-order valence-corrected chi connectivity index (χ2v) is 3.31. The van der Waals surface area contributed by atoms with Crippen LogP contribution in [0.15, 0.2) is 36.0 Å². The molecule has 0 atom stereocenters. The Balaban J connectivity index is 2.67. The molecule has 0 saturated heterocycles. The van der Waals surface area contributed by atoms with Gasteiger partial charge in [0.1, 0.15) is 0 Å². The monoisotopic (exact) mass is 235 g/mol. The molecule has 4 nitrogen and oxygen atoms in total. The van der Waals surface area contributed by atoms with Crippen molar-refractivity contribution in [3.8, 4) is 6.07 Å². The zero-order chi connectivity index (χ0) is 11.8. The molecule has 0 saturated carbocycles. The number of benzene rings is 1. The Morgan fingerprint density at radius 2 is 2.25 bits per heavy atom. The first-order valence-electron chi connectivity index (χ1n) is 4.55. The zero-order valence-corrected chi connectivity index (χ0v) is 9.16. The highest BCUT2D eigenvalue weighted by molar-refractivity contribution is 6.33. The number of halogens is 1. The lowest BCUT2D eigenvalue weighted by molar-refractivity contribution is -0.109. The Bertz CT molecular complexity index is 437. The fourth-order valence-corrected chi connectivity index (χ4v) is 1.21. The predicted octanol–water partition coefficient (Wildman–Crippen LogP) is 1.91. The number of nitrogens with zero attached hydrogens (tertiary/aromatic N) is 1. The summed E-state index contributed by atoms with van der Waals surface area (Å²) >= 11 is 5.91. The van der Waals surface area contributed by atoms with Crippen molar-refractivity contribution in [3.63, 3.8) is 0 Å². The third kappa shape index (κ3) is 3.64. The van der Waals surface area contributed by atoms with Crippen LogP contribution in [0.3, 0.4) is 0 Å². The number of hydrogen-bond donors (Lipinski definition) is 2. The van der Waals surface area contributed by atoms with E-state index in [1.807, 2.05) is 18.2 Å². The molecule has 0 bridgehead atoms. The van der Waals surface area contributed by atoms with Crippen molar-refractivity contribution in [1.29, 1.82) is 5.26 Å². The van der Waals surface area contributed by atoms with Crippen molar-refractivity contribution >= 4 is 23.7 Å². The summed E-state index contributed by atoms with van der Waals surface area (Å²) in [5, 5.41) is 14.6. The molecule has 0 aliphatic heterocycles. The van der Waals surface area contributed by atoms with E-state index in [0.29, 0.717) is 22.7 Å². The molecule has 5 heteroatoms. The summed E-state index contributed by atoms with van der Waals surface area (Å²) in [5.41, 5.74) is 1.12. The van der Waals surface area contributed by atoms with E-state index in [2.05, 4.69) is 10.6 Å². The molecule has 0 aliphatic carbocycles. The highest BCUT2D eigenvalue weighted by Crippen LogP contribution is 2.20. The summed E-state index contributed by atoms with van der Waals surface area (Å²) in [6, 6.07) is 9.14. The summed E-state index contributed by atoms with van der Waals surface area (Å²) in [7, 11) is 0. The van der Waals surface area contributed by atoms with Crippen LogP contribution < -0.4 is 10.6 Å². The van der Waals surface area contributed by atoms with Crippen LogP contribution in [0.25, 0.3) is 0 Å². The van der Waals surface area contributed by atoms with Crippen molar-refractivity contribution in [2.75, 3.05) is 11.9 Å². The van der Waals surface area contributed by atoms with Crippen LogP contribution in [0.2, 0.25) is 5.02 Å². The summed E-state index contributed by atoms with van der Waals surface area (Å²) in [6.45, 7) is 0.192. The second kappa shape index (κ2) is 6.49. The van der Waals surface area contributed by atoms with Crippen molar-refractivity contribution in [2.24, 2.45) is 0 Å². The number of para-hydroxylation sites is 1. The van der Waals surface area contributed by atoms with Crippen molar-refractivity contribution < 1.29 is 4.79 Å². The number of rotatable bonds is 5. The van der Waals surface area contributed by atoms with Crippen LogP contribution in [0.1, 0.15) is 0 Å². The molecule has 0 spiro atoms. The standard InChI is InChI=1S/C11H10ClN3O/c12-10-3-1-2-4-11(10)15-7-9(5-13)6-14-8-16/h1-4,7-8,15H,6H2,(H,14,16)/b9-7-. The average molecular weight is 236 g/mol. The zero-order valence-electron chi connectivity index (χ0n) is 8.40. The Hall–Kier alpha value is -1.99. The van der Waals surface area contributed by atoms with Gasteiger partial charge in [-0.05, 0) is 12.1 Å². The SMILES string of the molecule is N#C/C(=C/Nc1ccccc1Cl)CNC=O. The van der Waals surface area contributed by atoms with E-state index in [1.54, 1.807) is 12.1 Å². The number of anilines is 1. The van der Waals surface area contributed by atoms with E-state index in [0.717, 1.165) is 0 Å². The third-order valence-electron chi connectivity index (χ3n) is 1.80. The number of amides is 1. The number of nitrogens with one attached hydrogen (secondary N) is 2. The maximum absolute atomic E-state index is 10.1. The molecule has 0 radical (unpaired) electrons. The van der Waals surface area contributed by atoms with Crippen LogP contribution in [0.4, 0.5) is 5.69 Å². The lowest BCUT2D eigenvalue weighted by Gasteiger charge is -2.04. The van der Waals surface area contributed by atoms with Crippen LogP contribution in [-0.4, -0.2) is 13.0 Å². The Morgan fingerprint density at radius 3 is 2.88 bits per heavy atom. The molecular formula is C11H10ClN3O. The number of carbonyl (C=O) groups is 1. The normalized spacial score (nSPS) is 10.4. The molecule has 0 aromatic heterocycles. The molecule has 1 aromatic carbocycles. The number of hydrogen-bond acceptors (Lipinski definition) is 3. The molecule has 1 rings (SSSR count). The Kier molecular flexibility index (Phi) is 4.90. The van der Waals surface area contributed by atoms with Gasteiger partial charge in [-0.25, -0.2) is 0 Å². The molecule has 1 amide bonds. The minimum atomic E-state index is 0.192. The molecule has 2 N–H and O–H groups in total. The summed E-state index contributed by atoms with van der Waals surface area (Å²) in [6.07, 6.45) is 2.05. The molecule has 0 aliphatic rings. The van der Waals surface area contributed by atoms with Gasteiger partial charge >= 0.3 is 0 Å². The highest BCUT2D eigenvalue weighted by Gasteiger charge is 1.97. The first kappa shape index (κ1) is 12.1. The van der Waals surface area contributed by atoms with E-state index >= 15 is 0 Å². The summed E-state index contributed by atoms with van der Waals surface area (Å²) in [5.74, 6) is 0. The summed E-state index contributed by atoms with van der Waals surface area (Å²) < 4.78 is 0. The third-order valence-corrected chi connectivity index (χ3v) is 2.12. The molecule has 0 fully saturated rings. The topological polar surface area (TPSA) is 64.9 Å². The van der Waals surface area contributed by atoms with E-state index in [1.165, 1.54) is 6.20 Å². The van der Waals surface area contributed by atoms with Gasteiger partial charge in [0.05, 0.1) is 28.9 Å². The molecule has 0 unspecified atom stereocenters. The van der Waals surface area contributed by atoms with E-state index in [9.17, 15) is 4.79 Å². The number of nitriles is 1. The van der Waals surface area contributed by atoms with Crippen LogP contribution in [-0.2, 0) is 4.79 Å². The average Bonchev–Trinajstić information content (AvgIpc) is 2.31. The first-order valence-corrected chi connectivity index (χ1v) is 4.93. The van der Waals surface area contributed by atoms with Gasteiger partial charge < -0.3 is 10.6 Å². The van der Waals surface area contributed by atoms with Crippen LogP contribution >= 0.6 is 11.6 Å². The Labute approximate surface area is 98.5 Å². The van der Waals surface area contributed by atoms with Gasteiger partial charge in [-0.1, -0.05) is 23.7 Å². The predicted molar refractivity (Wildman–Crippen MR) is 62.8 cm³/mol. The van der Waals surface area contributed by atoms with Gasteiger partial charge in [0.25, 0.3) is 0 Å². The fraction of sp³-hybridized carbons (Fsp3) is 0.0909. The van der Waals surface area contributed by atoms with Crippen molar-refractivity contribution in [1.82, 2.24) is 5.32 Å². The molecule has 16 heavy (non-hydrogen) atoms. The van der Waals surface area contributed by atoms with E-state index in [4.69, 9.17) is 16.9 Å². The number of carbonyl (C=O) groups excluding carboxylic acids is 1. The lowest BCUT2D eigenvalue weighted by Crippen LogP contribution is -2.14. The fourth-order valence-electron chi connectivity index (χ4n) is 1.02. The first-order chi connectivity index (χ1) is 7.77. The van der Waals surface area contributed by atoms with Crippen LogP contribution in [0, 0.1) is 11.3 Å². The van der Waals surface area contributed by atoms with E-state index < -0.39 is 0 Å². The largest absolute Gasteiger partial charge is 0.359 e. The van der Waals surface area contributed by atoms with Gasteiger partial charge in [0.15, 0.2) is 0 Å². The van der Waals surface area contributed by atoms with Gasteiger partial charge in [0, 0.05) is 6.20 Å². The molecule has 0 heterocycles. The van der Waals surface area contributed by atoms with Crippen molar-refractivity contribution in [3.05, 3.63) is 41.1 Å². The van der Waals surface area contributed by atoms with Gasteiger partial charge in [-0.2, -0.15) is 5.26 Å². The van der Waals surface area contributed by atoms with Crippen LogP contribution in [0.5, 0.6) is 0 Å². The maximum atomic E-state index is 10.1. The quantitative estimate of drug-likeness (QED) is 0.605. The minimum absolute atomic E-state index is 0.192. The molecular weight excluding hydrogens is 226 g/mol. The van der Waals surface area contributed by atoms with Gasteiger partial charge in [-0.3, -0.25) is 4.79 Å². The molecule has 82 valence electrons.